The second-order valence-corrected chi connectivity index (χ2v) is 8.93. The highest BCUT2D eigenvalue weighted by atomic mass is 16.5. The van der Waals surface area contributed by atoms with Crippen LogP contribution in [-0.4, -0.2) is 32.0 Å². The van der Waals surface area contributed by atoms with E-state index in [9.17, 15) is 9.59 Å². The number of amides is 2. The summed E-state index contributed by atoms with van der Waals surface area (Å²) in [5.41, 5.74) is 4.67. The number of rotatable bonds is 6. The van der Waals surface area contributed by atoms with Crippen molar-refractivity contribution in [2.24, 2.45) is 0 Å². The maximum absolute atomic E-state index is 13.7. The summed E-state index contributed by atoms with van der Waals surface area (Å²) in [6.45, 7) is 4.03. The monoisotopic (exact) mass is 467 g/mol. The molecule has 1 fully saturated rings. The summed E-state index contributed by atoms with van der Waals surface area (Å²) in [5.74, 6) is -0.0261. The van der Waals surface area contributed by atoms with Crippen LogP contribution < -0.4 is 19.9 Å². The van der Waals surface area contributed by atoms with Crippen LogP contribution in [-0.2, 0) is 9.59 Å². The molecule has 0 atom stereocenters. The van der Waals surface area contributed by atoms with Crippen LogP contribution >= 0.6 is 0 Å². The highest BCUT2D eigenvalue weighted by molar-refractivity contribution is 6.46. The minimum absolute atomic E-state index is 0.272. The standard InChI is InChI=1S/C29H29N3O3/c1-20-8-4-5-9-25(20)32-28(33)26(21-10-16-24(35-2)17-11-21)27(29(32)34)30-22-12-14-23(15-13-22)31-18-6-3-7-19-31/h4-5,8-17,30H,3,6-7,18-19H2,1-2H3. The second-order valence-electron chi connectivity index (χ2n) is 8.93. The minimum Gasteiger partial charge on any atom is -0.497 e. The van der Waals surface area contributed by atoms with E-state index in [2.05, 4.69) is 22.3 Å². The number of hydrogen-bond donors (Lipinski definition) is 1. The average molecular weight is 468 g/mol. The third-order valence-corrected chi connectivity index (χ3v) is 6.68. The first-order valence-corrected chi connectivity index (χ1v) is 12.0. The van der Waals surface area contributed by atoms with Gasteiger partial charge in [-0.05, 0) is 79.8 Å². The number of carbonyl (C=O) groups excluding carboxylic acids is 2. The molecule has 1 N–H and O–H groups in total. The van der Waals surface area contributed by atoms with Crippen molar-refractivity contribution in [3.63, 3.8) is 0 Å². The van der Waals surface area contributed by atoms with Crippen molar-refractivity contribution in [3.05, 3.63) is 89.6 Å². The van der Waals surface area contributed by atoms with E-state index in [1.807, 2.05) is 49.4 Å². The third-order valence-electron chi connectivity index (χ3n) is 6.68. The molecule has 0 unspecified atom stereocenters. The van der Waals surface area contributed by atoms with Gasteiger partial charge in [-0.2, -0.15) is 0 Å². The van der Waals surface area contributed by atoms with Crippen LogP contribution in [0.3, 0.4) is 0 Å². The number of para-hydroxylation sites is 1. The Morgan fingerprint density at radius 1 is 0.800 bits per heavy atom. The smallest absolute Gasteiger partial charge is 0.282 e. The molecule has 1 saturated heterocycles. The number of piperidine rings is 1. The van der Waals surface area contributed by atoms with Gasteiger partial charge in [0.25, 0.3) is 11.8 Å². The van der Waals surface area contributed by atoms with Crippen LogP contribution in [0.25, 0.3) is 5.57 Å². The maximum atomic E-state index is 13.7. The van der Waals surface area contributed by atoms with Gasteiger partial charge in [0.1, 0.15) is 11.4 Å². The fourth-order valence-electron chi connectivity index (χ4n) is 4.76. The zero-order chi connectivity index (χ0) is 24.4. The first-order valence-electron chi connectivity index (χ1n) is 12.0. The summed E-state index contributed by atoms with van der Waals surface area (Å²) in [5, 5.41) is 3.27. The number of methoxy groups -OCH3 is 1. The Kier molecular flexibility index (Phi) is 6.27. The molecule has 3 aromatic carbocycles. The Morgan fingerprint density at radius 3 is 2.14 bits per heavy atom. The summed E-state index contributed by atoms with van der Waals surface area (Å²) in [4.78, 5) is 31.0. The predicted molar refractivity (Wildman–Crippen MR) is 140 cm³/mol. The van der Waals surface area contributed by atoms with E-state index in [-0.39, 0.29) is 17.5 Å². The van der Waals surface area contributed by atoms with Crippen LogP contribution in [0.15, 0.2) is 78.5 Å². The fraction of sp³-hybridized carbons (Fsp3) is 0.241. The summed E-state index contributed by atoms with van der Waals surface area (Å²) in [6, 6.07) is 22.7. The van der Waals surface area contributed by atoms with Gasteiger partial charge in [-0.3, -0.25) is 9.59 Å². The van der Waals surface area contributed by atoms with Gasteiger partial charge >= 0.3 is 0 Å². The lowest BCUT2D eigenvalue weighted by Gasteiger charge is -2.28. The topological polar surface area (TPSA) is 61.9 Å². The van der Waals surface area contributed by atoms with Crippen molar-refractivity contribution in [2.45, 2.75) is 26.2 Å². The molecule has 0 saturated carbocycles. The second kappa shape index (κ2) is 9.66. The molecule has 5 rings (SSSR count). The van der Waals surface area contributed by atoms with Crippen LogP contribution in [0, 0.1) is 6.92 Å². The fourth-order valence-corrected chi connectivity index (χ4v) is 4.76. The Bertz CT molecular complexity index is 1270. The lowest BCUT2D eigenvalue weighted by molar-refractivity contribution is -0.120. The number of ether oxygens (including phenoxy) is 1. The van der Waals surface area contributed by atoms with Gasteiger partial charge in [0.05, 0.1) is 18.4 Å². The first-order chi connectivity index (χ1) is 17.1. The lowest BCUT2D eigenvalue weighted by atomic mass is 10.0. The first kappa shape index (κ1) is 22.7. The van der Waals surface area contributed by atoms with Gasteiger partial charge in [-0.25, -0.2) is 4.90 Å². The van der Waals surface area contributed by atoms with E-state index in [1.165, 1.54) is 29.8 Å². The van der Waals surface area contributed by atoms with Gasteiger partial charge in [0, 0.05) is 24.5 Å². The molecule has 2 aliphatic heterocycles. The van der Waals surface area contributed by atoms with E-state index in [0.29, 0.717) is 22.6 Å². The molecule has 2 aliphatic rings. The summed E-state index contributed by atoms with van der Waals surface area (Å²) in [7, 11) is 1.60. The SMILES string of the molecule is COc1ccc(C2=C(Nc3ccc(N4CCCCC4)cc3)C(=O)N(c3ccccc3C)C2=O)cc1. The molecule has 0 bridgehead atoms. The van der Waals surface area contributed by atoms with E-state index in [4.69, 9.17) is 4.74 Å². The zero-order valence-corrected chi connectivity index (χ0v) is 20.1. The van der Waals surface area contributed by atoms with Crippen molar-refractivity contribution in [3.8, 4) is 5.75 Å². The number of imide groups is 1. The normalized spacial score (nSPS) is 16.2. The number of nitrogens with one attached hydrogen (secondary N) is 1. The number of benzene rings is 3. The largest absolute Gasteiger partial charge is 0.497 e. The van der Waals surface area contributed by atoms with Crippen LogP contribution in [0.2, 0.25) is 0 Å². The van der Waals surface area contributed by atoms with Crippen LogP contribution in [0.5, 0.6) is 5.75 Å². The molecule has 6 nitrogen and oxygen atoms in total. The summed E-state index contributed by atoms with van der Waals surface area (Å²) >= 11 is 0. The average Bonchev–Trinajstić information content (AvgIpc) is 3.14. The van der Waals surface area contributed by atoms with Crippen molar-refractivity contribution < 1.29 is 14.3 Å². The van der Waals surface area contributed by atoms with E-state index >= 15 is 0 Å². The number of aryl methyl sites for hydroxylation is 1. The van der Waals surface area contributed by atoms with Gasteiger partial charge in [-0.1, -0.05) is 30.3 Å². The number of hydrogen-bond acceptors (Lipinski definition) is 5. The van der Waals surface area contributed by atoms with Crippen LogP contribution in [0.4, 0.5) is 17.1 Å². The maximum Gasteiger partial charge on any atom is 0.282 e. The minimum atomic E-state index is -0.366. The molecule has 6 heteroatoms. The molecule has 35 heavy (non-hydrogen) atoms. The summed E-state index contributed by atoms with van der Waals surface area (Å²) < 4.78 is 5.27. The molecule has 2 amide bonds. The summed E-state index contributed by atoms with van der Waals surface area (Å²) in [6.07, 6.45) is 3.71. The number of carbonyl (C=O) groups is 2. The van der Waals surface area contributed by atoms with E-state index < -0.39 is 0 Å². The molecule has 3 aromatic rings. The Labute approximate surface area is 205 Å². The third kappa shape index (κ3) is 4.39. The molecule has 0 radical (unpaired) electrons. The van der Waals surface area contributed by atoms with E-state index in [1.54, 1.807) is 25.3 Å². The van der Waals surface area contributed by atoms with Gasteiger partial charge in [-0.15, -0.1) is 0 Å². The number of nitrogens with zero attached hydrogens (tertiary/aromatic N) is 2. The van der Waals surface area contributed by atoms with Gasteiger partial charge in [0.2, 0.25) is 0 Å². The highest BCUT2D eigenvalue weighted by Crippen LogP contribution is 2.35. The predicted octanol–water partition coefficient (Wildman–Crippen LogP) is 5.39. The Balaban J connectivity index is 1.51. The van der Waals surface area contributed by atoms with Gasteiger partial charge < -0.3 is 15.0 Å². The van der Waals surface area contributed by atoms with Crippen molar-refractivity contribution >= 4 is 34.4 Å². The Morgan fingerprint density at radius 2 is 1.49 bits per heavy atom. The van der Waals surface area contributed by atoms with Gasteiger partial charge in [0.15, 0.2) is 0 Å². The molecule has 0 aromatic heterocycles. The number of anilines is 3. The van der Waals surface area contributed by atoms with Crippen molar-refractivity contribution in [2.75, 3.05) is 35.3 Å². The Hall–Kier alpha value is -4.06. The van der Waals surface area contributed by atoms with Crippen molar-refractivity contribution in [1.29, 1.82) is 0 Å². The molecular formula is C29H29N3O3. The van der Waals surface area contributed by atoms with Crippen LogP contribution in [0.1, 0.15) is 30.4 Å². The molecule has 0 spiro atoms. The van der Waals surface area contributed by atoms with E-state index in [0.717, 1.165) is 24.3 Å². The quantitative estimate of drug-likeness (QED) is 0.493. The zero-order valence-electron chi connectivity index (χ0n) is 20.1. The highest BCUT2D eigenvalue weighted by Gasteiger charge is 2.40. The van der Waals surface area contributed by atoms with Crippen molar-refractivity contribution in [1.82, 2.24) is 0 Å². The molecule has 2 heterocycles. The molecule has 178 valence electrons. The molecule has 0 aliphatic carbocycles. The lowest BCUT2D eigenvalue weighted by Crippen LogP contribution is -2.33. The molecular weight excluding hydrogens is 438 g/mol.